The van der Waals surface area contributed by atoms with Gasteiger partial charge in [0.15, 0.2) is 0 Å². The maximum Gasteiger partial charge on any atom is 0.340 e. The highest BCUT2D eigenvalue weighted by atomic mass is 35.5. The molecule has 0 aliphatic carbocycles. The number of H-pyrrole nitrogens is 1. The first kappa shape index (κ1) is 24.9. The third-order valence-electron chi connectivity index (χ3n) is 6.06. The Morgan fingerprint density at radius 1 is 1.08 bits per heavy atom. The number of esters is 1. The number of nitrogens with one attached hydrogen (secondary N) is 1. The average molecular weight is 536 g/mol. The van der Waals surface area contributed by atoms with Crippen LogP contribution in [0.1, 0.15) is 41.4 Å². The van der Waals surface area contributed by atoms with E-state index in [1.165, 1.54) is 7.11 Å². The fourth-order valence-corrected chi connectivity index (χ4v) is 4.78. The summed E-state index contributed by atoms with van der Waals surface area (Å²) in [5, 5.41) is 6.03. The number of benzene rings is 2. The summed E-state index contributed by atoms with van der Waals surface area (Å²) in [7, 11) is 1.37. The summed E-state index contributed by atoms with van der Waals surface area (Å²) in [6, 6.07) is 14.8. The summed E-state index contributed by atoms with van der Waals surface area (Å²) < 4.78 is 16.5. The second-order valence-corrected chi connectivity index (χ2v) is 9.57. The van der Waals surface area contributed by atoms with Gasteiger partial charge in [-0.05, 0) is 29.8 Å². The van der Waals surface area contributed by atoms with Gasteiger partial charge in [-0.3, -0.25) is 0 Å². The normalized spacial score (nSPS) is 11.3. The van der Waals surface area contributed by atoms with Gasteiger partial charge in [0.2, 0.25) is 5.88 Å². The number of hydrogen-bond acceptors (Lipinski definition) is 6. The first-order valence-corrected chi connectivity index (χ1v) is 12.3. The van der Waals surface area contributed by atoms with E-state index in [4.69, 9.17) is 37.2 Å². The van der Waals surface area contributed by atoms with E-state index in [1.807, 2.05) is 38.1 Å². The number of hydrogen-bond donors (Lipinski definition) is 1. The van der Waals surface area contributed by atoms with Gasteiger partial charge in [-0.15, -0.1) is 0 Å². The number of fused-ring (bicyclic) bond motifs is 1. The van der Waals surface area contributed by atoms with E-state index in [2.05, 4.69) is 15.1 Å². The molecule has 37 heavy (non-hydrogen) atoms. The molecule has 0 bridgehead atoms. The molecule has 0 spiro atoms. The fraction of sp³-hybridized carbons (Fsp3) is 0.179. The van der Waals surface area contributed by atoms with E-state index >= 15 is 0 Å². The van der Waals surface area contributed by atoms with Crippen LogP contribution in [-0.2, 0) is 11.3 Å². The Labute approximate surface area is 223 Å². The number of nitrogens with zero attached hydrogens (tertiary/aromatic N) is 2. The molecule has 9 heteroatoms. The van der Waals surface area contributed by atoms with Gasteiger partial charge in [-0.2, -0.15) is 0 Å². The van der Waals surface area contributed by atoms with Gasteiger partial charge >= 0.3 is 5.97 Å². The Bertz CT molecular complexity index is 1570. The van der Waals surface area contributed by atoms with Crippen LogP contribution in [0.15, 0.2) is 65.4 Å². The molecule has 188 valence electrons. The zero-order valence-electron chi connectivity index (χ0n) is 20.3. The van der Waals surface area contributed by atoms with Gasteiger partial charge in [0.05, 0.1) is 28.3 Å². The predicted molar refractivity (Wildman–Crippen MR) is 143 cm³/mol. The number of carbonyl (C=O) groups excluding carboxylic acids is 1. The van der Waals surface area contributed by atoms with Crippen molar-refractivity contribution in [1.82, 2.24) is 15.1 Å². The van der Waals surface area contributed by atoms with E-state index in [9.17, 15) is 4.79 Å². The molecule has 0 saturated heterocycles. The zero-order valence-corrected chi connectivity index (χ0v) is 21.9. The first-order chi connectivity index (χ1) is 17.9. The Morgan fingerprint density at radius 3 is 2.51 bits per heavy atom. The number of halogens is 2. The van der Waals surface area contributed by atoms with E-state index in [0.717, 1.165) is 27.6 Å². The van der Waals surface area contributed by atoms with E-state index in [-0.39, 0.29) is 18.5 Å². The standard InChI is InChI=1S/C28H23Cl2N3O4/c1-15(2)27-20(26(33-37-27)25-21(29)5-4-6-22(25)30)14-36-24-10-8-17(12-32-24)16-7-9-18-19(28(34)35-3)13-31-23(18)11-16/h4-13,15,31H,14H2,1-3H3. The number of carbonyl (C=O) groups is 1. The lowest BCUT2D eigenvalue weighted by Gasteiger charge is -2.10. The molecule has 0 saturated carbocycles. The molecule has 7 nitrogen and oxygen atoms in total. The van der Waals surface area contributed by atoms with E-state index in [1.54, 1.807) is 36.7 Å². The topological polar surface area (TPSA) is 90.2 Å². The van der Waals surface area contributed by atoms with Crippen LogP contribution in [0.4, 0.5) is 0 Å². The molecule has 1 N–H and O–H groups in total. The van der Waals surface area contributed by atoms with Gasteiger partial charge in [-0.25, -0.2) is 9.78 Å². The van der Waals surface area contributed by atoms with E-state index < -0.39 is 0 Å². The molecule has 0 fully saturated rings. The number of aromatic amines is 1. The van der Waals surface area contributed by atoms with Crippen LogP contribution >= 0.6 is 23.2 Å². The first-order valence-electron chi connectivity index (χ1n) is 11.6. The Morgan fingerprint density at radius 2 is 1.84 bits per heavy atom. The van der Waals surface area contributed by atoms with Crippen LogP contribution < -0.4 is 4.74 Å². The van der Waals surface area contributed by atoms with Crippen molar-refractivity contribution in [3.8, 4) is 28.3 Å². The largest absolute Gasteiger partial charge is 0.473 e. The maximum atomic E-state index is 11.9. The number of aromatic nitrogens is 3. The highest BCUT2D eigenvalue weighted by Gasteiger charge is 2.24. The molecule has 0 aliphatic heterocycles. The summed E-state index contributed by atoms with van der Waals surface area (Å²) in [5.41, 5.74) is 5.12. The van der Waals surface area contributed by atoms with Gasteiger partial charge in [-0.1, -0.05) is 60.4 Å². The summed E-state index contributed by atoms with van der Waals surface area (Å²) >= 11 is 12.9. The fourth-order valence-electron chi connectivity index (χ4n) is 4.20. The van der Waals surface area contributed by atoms with Crippen molar-refractivity contribution in [3.63, 3.8) is 0 Å². The lowest BCUT2D eigenvalue weighted by molar-refractivity contribution is 0.0603. The van der Waals surface area contributed by atoms with Crippen LogP contribution in [0.5, 0.6) is 5.88 Å². The van der Waals surface area contributed by atoms with Crippen LogP contribution in [0.25, 0.3) is 33.3 Å². The highest BCUT2D eigenvalue weighted by molar-refractivity contribution is 6.39. The van der Waals surface area contributed by atoms with Crippen molar-refractivity contribution in [2.75, 3.05) is 7.11 Å². The Hall–Kier alpha value is -3.81. The van der Waals surface area contributed by atoms with Crippen molar-refractivity contribution >= 4 is 40.1 Å². The smallest absolute Gasteiger partial charge is 0.340 e. The molecule has 5 aromatic rings. The predicted octanol–water partition coefficient (Wildman–Crippen LogP) is 7.68. The third kappa shape index (κ3) is 4.80. The summed E-state index contributed by atoms with van der Waals surface area (Å²) in [6.07, 6.45) is 3.39. The minimum atomic E-state index is -0.379. The van der Waals surface area contributed by atoms with Crippen molar-refractivity contribution in [2.24, 2.45) is 0 Å². The maximum absolute atomic E-state index is 11.9. The van der Waals surface area contributed by atoms with E-state index in [0.29, 0.717) is 38.5 Å². The van der Waals surface area contributed by atoms with Gasteiger partial charge in [0, 0.05) is 46.4 Å². The third-order valence-corrected chi connectivity index (χ3v) is 6.69. The number of ether oxygens (including phenoxy) is 2. The molecule has 0 unspecified atom stereocenters. The number of methoxy groups -OCH3 is 1. The zero-order chi connectivity index (χ0) is 26.1. The van der Waals surface area contributed by atoms with Crippen molar-refractivity contribution in [2.45, 2.75) is 26.4 Å². The molecular weight excluding hydrogens is 513 g/mol. The number of rotatable bonds is 7. The van der Waals surface area contributed by atoms with Gasteiger partial charge in [0.25, 0.3) is 0 Å². The molecule has 0 amide bonds. The molecule has 0 atom stereocenters. The van der Waals surface area contributed by atoms with Crippen LogP contribution in [0, 0.1) is 0 Å². The second kappa shape index (κ2) is 10.3. The molecule has 2 aromatic carbocycles. The van der Waals surface area contributed by atoms with Crippen LogP contribution in [0.2, 0.25) is 10.0 Å². The monoisotopic (exact) mass is 535 g/mol. The summed E-state index contributed by atoms with van der Waals surface area (Å²) in [5.74, 6) is 0.854. The van der Waals surface area contributed by atoms with Gasteiger partial charge in [0.1, 0.15) is 18.1 Å². The molecule has 5 rings (SSSR count). The molecule has 0 aliphatic rings. The van der Waals surface area contributed by atoms with Crippen molar-refractivity contribution in [3.05, 3.63) is 87.9 Å². The quantitative estimate of drug-likeness (QED) is 0.215. The Kier molecular flexibility index (Phi) is 6.91. The molecular formula is C28H23Cl2N3O4. The molecule has 0 radical (unpaired) electrons. The SMILES string of the molecule is COC(=O)c1c[nH]c2cc(-c3ccc(OCc4c(-c5c(Cl)cccc5Cl)noc4C(C)C)nc3)ccc12. The van der Waals surface area contributed by atoms with Crippen LogP contribution in [-0.4, -0.2) is 28.2 Å². The van der Waals surface area contributed by atoms with Crippen LogP contribution in [0.3, 0.4) is 0 Å². The highest BCUT2D eigenvalue weighted by Crippen LogP contribution is 2.38. The lowest BCUT2D eigenvalue weighted by Crippen LogP contribution is -2.02. The van der Waals surface area contributed by atoms with Crippen molar-refractivity contribution in [1.29, 1.82) is 0 Å². The second-order valence-electron chi connectivity index (χ2n) is 8.75. The number of pyridine rings is 1. The summed E-state index contributed by atoms with van der Waals surface area (Å²) in [4.78, 5) is 19.5. The summed E-state index contributed by atoms with van der Waals surface area (Å²) in [6.45, 7) is 4.22. The molecule has 3 heterocycles. The minimum absolute atomic E-state index is 0.0825. The average Bonchev–Trinajstić information content (AvgIpc) is 3.51. The minimum Gasteiger partial charge on any atom is -0.473 e. The lowest BCUT2D eigenvalue weighted by atomic mass is 10.0. The van der Waals surface area contributed by atoms with Gasteiger partial charge < -0.3 is 19.0 Å². The Balaban J connectivity index is 1.38. The van der Waals surface area contributed by atoms with Crippen molar-refractivity contribution < 1.29 is 18.8 Å². The molecule has 3 aromatic heterocycles.